The van der Waals surface area contributed by atoms with Crippen LogP contribution in [0, 0.1) is 0 Å². The van der Waals surface area contributed by atoms with Gasteiger partial charge in [-0.05, 0) is 23.8 Å². The molecule has 0 saturated carbocycles. The van der Waals surface area contributed by atoms with Crippen LogP contribution in [0.1, 0.15) is 22.9 Å². The number of benzene rings is 1. The van der Waals surface area contributed by atoms with Crippen molar-refractivity contribution in [1.82, 2.24) is 10.1 Å². The zero-order valence-corrected chi connectivity index (χ0v) is 13.0. The predicted octanol–water partition coefficient (Wildman–Crippen LogP) is 1.75. The molecule has 1 aromatic heterocycles. The van der Waals surface area contributed by atoms with E-state index in [4.69, 9.17) is 26.0 Å². The number of carbonyl (C=O) groups is 1. The molecule has 0 radical (unpaired) electrons. The Hall–Kier alpha value is -2.05. The molecule has 120 valence electrons. The van der Waals surface area contributed by atoms with Gasteiger partial charge in [-0.2, -0.15) is 0 Å². The highest BCUT2D eigenvalue weighted by atomic mass is 35.5. The molecular weight excluding hydrogens is 320 g/mol. The Balaban J connectivity index is 1.37. The van der Waals surface area contributed by atoms with Crippen LogP contribution in [0.5, 0.6) is 5.75 Å². The second-order valence-corrected chi connectivity index (χ2v) is 6.32. The van der Waals surface area contributed by atoms with Crippen molar-refractivity contribution in [2.75, 3.05) is 13.1 Å². The van der Waals surface area contributed by atoms with Crippen LogP contribution in [0.15, 0.2) is 28.8 Å². The Labute approximate surface area is 137 Å². The van der Waals surface area contributed by atoms with Crippen LogP contribution in [-0.2, 0) is 17.8 Å². The number of likely N-dealkylation sites (tertiary alicyclic amines) is 1. The van der Waals surface area contributed by atoms with Gasteiger partial charge in [0, 0.05) is 36.5 Å². The van der Waals surface area contributed by atoms with Crippen molar-refractivity contribution in [2.24, 2.45) is 0 Å². The maximum absolute atomic E-state index is 12.5. The maximum Gasteiger partial charge on any atom is 0.264 e. The first-order chi connectivity index (χ1) is 11.1. The number of halogens is 1. The summed E-state index contributed by atoms with van der Waals surface area (Å²) >= 11 is 5.97. The molecule has 0 bridgehead atoms. The van der Waals surface area contributed by atoms with Gasteiger partial charge in [-0.3, -0.25) is 4.79 Å². The number of fused-ring (bicyclic) bond motifs is 1. The van der Waals surface area contributed by atoms with Crippen molar-refractivity contribution in [3.05, 3.63) is 46.3 Å². The minimum Gasteiger partial charge on any atom is -0.480 e. The molecule has 23 heavy (non-hydrogen) atoms. The summed E-state index contributed by atoms with van der Waals surface area (Å²) in [5.74, 6) is 1.31. The molecule has 1 unspecified atom stereocenters. The molecule has 1 saturated heterocycles. The Kier molecular flexibility index (Phi) is 3.50. The third-order valence-corrected chi connectivity index (χ3v) is 4.55. The number of aliphatic hydroxyl groups is 1. The van der Waals surface area contributed by atoms with E-state index in [0.717, 1.165) is 17.0 Å². The van der Waals surface area contributed by atoms with Gasteiger partial charge in [0.2, 0.25) is 0 Å². The first kappa shape index (κ1) is 14.5. The van der Waals surface area contributed by atoms with Crippen LogP contribution in [0.2, 0.25) is 5.02 Å². The number of aliphatic hydroxyl groups excluding tert-OH is 1. The summed E-state index contributed by atoms with van der Waals surface area (Å²) in [6, 6.07) is 7.14. The summed E-state index contributed by atoms with van der Waals surface area (Å²) in [6.45, 7) is 1.01. The highest BCUT2D eigenvalue weighted by Gasteiger charge is 2.39. The molecule has 1 amide bonds. The summed E-state index contributed by atoms with van der Waals surface area (Å²) in [7, 11) is 0. The van der Waals surface area contributed by atoms with Gasteiger partial charge in [0.1, 0.15) is 12.4 Å². The molecule has 6 nitrogen and oxygen atoms in total. The maximum atomic E-state index is 12.5. The van der Waals surface area contributed by atoms with E-state index in [0.29, 0.717) is 30.3 Å². The first-order valence-electron chi connectivity index (χ1n) is 7.44. The van der Waals surface area contributed by atoms with E-state index < -0.39 is 6.10 Å². The molecule has 1 fully saturated rings. The number of ether oxygens (including phenoxy) is 1. The lowest BCUT2D eigenvalue weighted by Gasteiger charge is -2.39. The summed E-state index contributed by atoms with van der Waals surface area (Å²) in [5, 5.41) is 13.6. The molecule has 0 spiro atoms. The van der Waals surface area contributed by atoms with E-state index in [2.05, 4.69) is 5.16 Å². The zero-order valence-electron chi connectivity index (χ0n) is 12.2. The van der Waals surface area contributed by atoms with E-state index in [1.807, 2.05) is 6.07 Å². The molecule has 3 heterocycles. The Morgan fingerprint density at radius 1 is 1.39 bits per heavy atom. The van der Waals surface area contributed by atoms with Crippen molar-refractivity contribution < 1.29 is 19.2 Å². The third-order valence-electron chi connectivity index (χ3n) is 4.32. The van der Waals surface area contributed by atoms with Gasteiger partial charge < -0.3 is 19.3 Å². The molecule has 2 aliphatic heterocycles. The average Bonchev–Trinajstić information content (AvgIpc) is 3.11. The molecule has 1 N–H and O–H groups in total. The number of hydrogen-bond acceptors (Lipinski definition) is 5. The monoisotopic (exact) mass is 334 g/mol. The second-order valence-electron chi connectivity index (χ2n) is 5.88. The van der Waals surface area contributed by atoms with Gasteiger partial charge >= 0.3 is 0 Å². The second kappa shape index (κ2) is 5.54. The van der Waals surface area contributed by atoms with E-state index in [1.54, 1.807) is 23.1 Å². The van der Waals surface area contributed by atoms with Crippen LogP contribution < -0.4 is 4.74 Å². The number of nitrogens with zero attached hydrogens (tertiary/aromatic N) is 2. The van der Waals surface area contributed by atoms with Crippen LogP contribution in [-0.4, -0.2) is 40.3 Å². The average molecular weight is 335 g/mol. The zero-order chi connectivity index (χ0) is 16.0. The van der Waals surface area contributed by atoms with Crippen molar-refractivity contribution in [3.63, 3.8) is 0 Å². The minimum absolute atomic E-state index is 0.0144. The molecule has 0 aliphatic carbocycles. The topological polar surface area (TPSA) is 75.8 Å². The minimum atomic E-state index is -0.477. The number of carbonyl (C=O) groups excluding carboxylic acids is 1. The first-order valence-corrected chi connectivity index (χ1v) is 7.82. The molecule has 2 aliphatic rings. The fourth-order valence-electron chi connectivity index (χ4n) is 3.00. The van der Waals surface area contributed by atoms with E-state index in [9.17, 15) is 4.79 Å². The largest absolute Gasteiger partial charge is 0.480 e. The van der Waals surface area contributed by atoms with Crippen LogP contribution in [0.4, 0.5) is 0 Å². The normalized spacial score (nSPS) is 20.1. The summed E-state index contributed by atoms with van der Waals surface area (Å²) in [5.41, 5.74) is 1.75. The fraction of sp³-hybridized carbons (Fsp3) is 0.375. The van der Waals surface area contributed by atoms with Gasteiger partial charge in [-0.1, -0.05) is 16.8 Å². The van der Waals surface area contributed by atoms with Gasteiger partial charge in [0.05, 0.1) is 5.69 Å². The lowest BCUT2D eigenvalue weighted by molar-refractivity contribution is -0.142. The van der Waals surface area contributed by atoms with Crippen LogP contribution in [0.3, 0.4) is 0 Å². The van der Waals surface area contributed by atoms with Gasteiger partial charge in [0.25, 0.3) is 5.91 Å². The molecule has 4 rings (SSSR count). The lowest BCUT2D eigenvalue weighted by Crippen LogP contribution is -2.53. The number of rotatable bonds is 3. The Morgan fingerprint density at radius 2 is 2.22 bits per heavy atom. The molecule has 1 atom stereocenters. The summed E-state index contributed by atoms with van der Waals surface area (Å²) in [6.07, 6.45) is 0.0730. The van der Waals surface area contributed by atoms with Crippen molar-refractivity contribution in [3.8, 4) is 5.75 Å². The number of aromatic nitrogens is 1. The smallest absolute Gasteiger partial charge is 0.264 e. The van der Waals surface area contributed by atoms with E-state index in [1.165, 1.54) is 0 Å². The quantitative estimate of drug-likeness (QED) is 0.925. The van der Waals surface area contributed by atoms with Crippen LogP contribution in [0.25, 0.3) is 0 Å². The summed E-state index contributed by atoms with van der Waals surface area (Å²) < 4.78 is 10.7. The van der Waals surface area contributed by atoms with Crippen LogP contribution >= 0.6 is 11.6 Å². The molecule has 7 heteroatoms. The lowest BCUT2D eigenvalue weighted by atomic mass is 9.95. The molecule has 1 aromatic carbocycles. The summed E-state index contributed by atoms with van der Waals surface area (Å²) in [4.78, 5) is 14.3. The van der Waals surface area contributed by atoms with Gasteiger partial charge in [0.15, 0.2) is 11.9 Å². The van der Waals surface area contributed by atoms with Gasteiger partial charge in [-0.15, -0.1) is 0 Å². The van der Waals surface area contributed by atoms with Crippen molar-refractivity contribution in [1.29, 1.82) is 0 Å². The third kappa shape index (κ3) is 2.58. The van der Waals surface area contributed by atoms with E-state index >= 15 is 0 Å². The van der Waals surface area contributed by atoms with Crippen molar-refractivity contribution >= 4 is 17.5 Å². The van der Waals surface area contributed by atoms with Gasteiger partial charge in [-0.25, -0.2) is 0 Å². The SMILES string of the molecule is O=C(C1Cc2cc(Cl)ccc2O1)N1CC(c2cc(CO)on2)C1. The Bertz CT molecular complexity index is 754. The Morgan fingerprint density at radius 3 is 2.96 bits per heavy atom. The molecular formula is C16H15ClN2O4. The highest BCUT2D eigenvalue weighted by Crippen LogP contribution is 2.34. The van der Waals surface area contributed by atoms with Crippen molar-refractivity contribution in [2.45, 2.75) is 25.0 Å². The molecule has 2 aromatic rings. The number of amides is 1. The fourth-order valence-corrected chi connectivity index (χ4v) is 3.19. The number of hydrogen-bond donors (Lipinski definition) is 1. The standard InChI is InChI=1S/C16H15ClN2O4/c17-11-1-2-14-9(3-11)4-15(22-14)16(21)19-6-10(7-19)13-5-12(8-20)23-18-13/h1-3,5,10,15,20H,4,6-8H2. The van der Waals surface area contributed by atoms with E-state index in [-0.39, 0.29) is 18.4 Å². The predicted molar refractivity (Wildman–Crippen MR) is 81.3 cm³/mol. The highest BCUT2D eigenvalue weighted by molar-refractivity contribution is 6.30.